The summed E-state index contributed by atoms with van der Waals surface area (Å²) in [4.78, 5) is 11.4. The maximum absolute atomic E-state index is 13.0. The van der Waals surface area contributed by atoms with Crippen molar-refractivity contribution in [2.75, 3.05) is 10.0 Å². The van der Waals surface area contributed by atoms with E-state index in [0.29, 0.717) is 16.5 Å². The van der Waals surface area contributed by atoms with E-state index in [1.54, 1.807) is 30.3 Å². The first-order chi connectivity index (χ1) is 11.9. The Morgan fingerprint density at radius 1 is 0.920 bits per heavy atom. The highest BCUT2D eigenvalue weighted by molar-refractivity contribution is 7.93. The molecule has 3 aromatic rings. The van der Waals surface area contributed by atoms with Crippen LogP contribution in [0.2, 0.25) is 0 Å². The monoisotopic (exact) mass is 358 g/mol. The zero-order chi connectivity index (χ0) is 18.0. The van der Waals surface area contributed by atoms with Gasteiger partial charge in [-0.15, -0.1) is 0 Å². The van der Waals surface area contributed by atoms with Crippen LogP contribution in [0.25, 0.3) is 10.8 Å². The topological polar surface area (TPSA) is 75.3 Å². The molecule has 25 heavy (non-hydrogen) atoms. The van der Waals surface area contributed by atoms with Crippen molar-refractivity contribution in [3.63, 3.8) is 0 Å². The van der Waals surface area contributed by atoms with Crippen molar-refractivity contribution >= 4 is 38.1 Å². The summed E-state index contributed by atoms with van der Waals surface area (Å²) in [6.45, 7) is 1.38. The summed E-state index contributed by atoms with van der Waals surface area (Å²) in [5.41, 5.74) is 0.792. The normalized spacial score (nSPS) is 11.3. The van der Waals surface area contributed by atoms with Gasteiger partial charge in [-0.05, 0) is 36.4 Å². The summed E-state index contributed by atoms with van der Waals surface area (Å²) in [5, 5.41) is 3.77. The summed E-state index contributed by atoms with van der Waals surface area (Å²) in [7, 11) is -3.88. The Morgan fingerprint density at radius 3 is 2.24 bits per heavy atom. The highest BCUT2D eigenvalue weighted by Gasteiger charge is 2.18. The van der Waals surface area contributed by atoms with E-state index in [4.69, 9.17) is 0 Å². The third kappa shape index (κ3) is 3.61. The molecule has 0 aliphatic carbocycles. The highest BCUT2D eigenvalue weighted by atomic mass is 32.2. The van der Waals surface area contributed by atoms with Crippen LogP contribution in [-0.4, -0.2) is 14.3 Å². The van der Waals surface area contributed by atoms with E-state index in [1.165, 1.54) is 37.3 Å². The van der Waals surface area contributed by atoms with Gasteiger partial charge in [0, 0.05) is 29.1 Å². The number of hydrogen-bond donors (Lipinski definition) is 2. The van der Waals surface area contributed by atoms with E-state index in [1.807, 2.05) is 0 Å². The third-order valence-electron chi connectivity index (χ3n) is 3.58. The second kappa shape index (κ2) is 6.52. The van der Waals surface area contributed by atoms with Crippen molar-refractivity contribution < 1.29 is 17.6 Å². The van der Waals surface area contributed by atoms with Crippen LogP contribution in [0, 0.1) is 5.82 Å². The predicted molar refractivity (Wildman–Crippen MR) is 95.5 cm³/mol. The minimum absolute atomic E-state index is 0.0709. The molecular weight excluding hydrogens is 343 g/mol. The van der Waals surface area contributed by atoms with Gasteiger partial charge in [0.15, 0.2) is 0 Å². The average Bonchev–Trinajstić information content (AvgIpc) is 2.56. The molecule has 128 valence electrons. The molecule has 7 heteroatoms. The number of sulfonamides is 1. The molecule has 2 N–H and O–H groups in total. The van der Waals surface area contributed by atoms with Crippen molar-refractivity contribution in [3.05, 3.63) is 66.5 Å². The Bertz CT molecular complexity index is 1050. The number of amides is 1. The van der Waals surface area contributed by atoms with Gasteiger partial charge in [0.1, 0.15) is 5.82 Å². The minimum Gasteiger partial charge on any atom is -0.326 e. The lowest BCUT2D eigenvalue weighted by Gasteiger charge is -2.13. The Balaban J connectivity index is 2.08. The fraction of sp³-hybridized carbons (Fsp3) is 0.0556. The molecule has 0 unspecified atom stereocenters. The Morgan fingerprint density at radius 2 is 1.56 bits per heavy atom. The largest absolute Gasteiger partial charge is 0.326 e. The molecule has 5 nitrogen and oxygen atoms in total. The van der Waals surface area contributed by atoms with E-state index in [9.17, 15) is 17.6 Å². The van der Waals surface area contributed by atoms with Crippen LogP contribution < -0.4 is 10.0 Å². The molecule has 0 fully saturated rings. The molecule has 0 aliphatic rings. The van der Waals surface area contributed by atoms with E-state index >= 15 is 0 Å². The van der Waals surface area contributed by atoms with E-state index in [0.717, 1.165) is 0 Å². The summed E-state index contributed by atoms with van der Waals surface area (Å²) in [5.74, 6) is -0.696. The maximum Gasteiger partial charge on any atom is 0.262 e. The average molecular weight is 358 g/mol. The molecule has 0 aromatic heterocycles. The lowest BCUT2D eigenvalue weighted by Crippen LogP contribution is -2.13. The molecule has 3 rings (SSSR count). The standard InChI is InChI=1S/C18H15FN2O3S/c1-12(22)20-17-6-2-5-16-15(17)4-3-7-18(16)25(23,24)21-14-10-8-13(19)9-11-14/h2-11,21H,1H3,(H,20,22). The highest BCUT2D eigenvalue weighted by Crippen LogP contribution is 2.30. The summed E-state index contributed by atoms with van der Waals surface area (Å²) in [6, 6.07) is 14.9. The zero-order valence-electron chi connectivity index (χ0n) is 13.3. The van der Waals surface area contributed by atoms with Crippen LogP contribution in [0.3, 0.4) is 0 Å². The molecule has 0 saturated carbocycles. The number of nitrogens with one attached hydrogen (secondary N) is 2. The maximum atomic E-state index is 13.0. The van der Waals surface area contributed by atoms with E-state index in [2.05, 4.69) is 10.0 Å². The second-order valence-electron chi connectivity index (χ2n) is 5.45. The number of hydrogen-bond acceptors (Lipinski definition) is 3. The Kier molecular flexibility index (Phi) is 4.41. The van der Waals surface area contributed by atoms with Crippen LogP contribution >= 0.6 is 0 Å². The molecule has 0 aliphatic heterocycles. The first kappa shape index (κ1) is 16.9. The molecular formula is C18H15FN2O3S. The Hall–Kier alpha value is -2.93. The molecule has 0 radical (unpaired) electrons. The van der Waals surface area contributed by atoms with Gasteiger partial charge in [-0.3, -0.25) is 9.52 Å². The molecule has 0 saturated heterocycles. The number of benzene rings is 3. The van der Waals surface area contributed by atoms with Crippen LogP contribution in [0.4, 0.5) is 15.8 Å². The summed E-state index contributed by atoms with van der Waals surface area (Å²) >= 11 is 0. The van der Waals surface area contributed by atoms with Crippen LogP contribution in [0.5, 0.6) is 0 Å². The fourth-order valence-electron chi connectivity index (χ4n) is 2.54. The molecule has 0 spiro atoms. The lowest BCUT2D eigenvalue weighted by atomic mass is 10.1. The van der Waals surface area contributed by atoms with Gasteiger partial charge in [-0.2, -0.15) is 0 Å². The predicted octanol–water partition coefficient (Wildman–Crippen LogP) is 3.74. The van der Waals surface area contributed by atoms with Gasteiger partial charge in [0.2, 0.25) is 5.91 Å². The van der Waals surface area contributed by atoms with E-state index < -0.39 is 15.8 Å². The second-order valence-corrected chi connectivity index (χ2v) is 7.10. The number of anilines is 2. The summed E-state index contributed by atoms with van der Waals surface area (Å²) < 4.78 is 40.9. The number of rotatable bonds is 4. The van der Waals surface area contributed by atoms with Crippen molar-refractivity contribution in [2.24, 2.45) is 0 Å². The molecule has 1 amide bonds. The van der Waals surface area contributed by atoms with Crippen molar-refractivity contribution in [3.8, 4) is 0 Å². The smallest absolute Gasteiger partial charge is 0.262 e. The van der Waals surface area contributed by atoms with Crippen LogP contribution in [-0.2, 0) is 14.8 Å². The van der Waals surface area contributed by atoms with Gasteiger partial charge < -0.3 is 5.32 Å². The first-order valence-electron chi connectivity index (χ1n) is 7.44. The third-order valence-corrected chi connectivity index (χ3v) is 5.02. The number of carbonyl (C=O) groups is 1. The minimum atomic E-state index is -3.88. The van der Waals surface area contributed by atoms with Gasteiger partial charge in [0.05, 0.1) is 4.90 Å². The molecule has 0 bridgehead atoms. The Labute approximate surface area is 144 Å². The lowest BCUT2D eigenvalue weighted by molar-refractivity contribution is -0.114. The number of carbonyl (C=O) groups excluding carboxylic acids is 1. The molecule has 0 heterocycles. The molecule has 3 aromatic carbocycles. The quantitative estimate of drug-likeness (QED) is 0.746. The van der Waals surface area contributed by atoms with Crippen LogP contribution in [0.1, 0.15) is 6.92 Å². The van der Waals surface area contributed by atoms with Crippen molar-refractivity contribution in [2.45, 2.75) is 11.8 Å². The van der Waals surface area contributed by atoms with Gasteiger partial charge in [-0.1, -0.05) is 24.3 Å². The number of fused-ring (bicyclic) bond motifs is 1. The molecule has 0 atom stereocenters. The summed E-state index contributed by atoms with van der Waals surface area (Å²) in [6.07, 6.45) is 0. The SMILES string of the molecule is CC(=O)Nc1cccc2c(S(=O)(=O)Nc3ccc(F)cc3)cccc12. The van der Waals surface area contributed by atoms with Gasteiger partial charge in [0.25, 0.3) is 10.0 Å². The first-order valence-corrected chi connectivity index (χ1v) is 8.93. The number of halogens is 1. The zero-order valence-corrected chi connectivity index (χ0v) is 14.1. The van der Waals surface area contributed by atoms with Crippen LogP contribution in [0.15, 0.2) is 65.6 Å². The van der Waals surface area contributed by atoms with E-state index in [-0.39, 0.29) is 16.5 Å². The fourth-order valence-corrected chi connectivity index (χ4v) is 3.82. The van der Waals surface area contributed by atoms with Crippen molar-refractivity contribution in [1.29, 1.82) is 0 Å². The van der Waals surface area contributed by atoms with Crippen molar-refractivity contribution in [1.82, 2.24) is 0 Å². The van der Waals surface area contributed by atoms with Gasteiger partial charge >= 0.3 is 0 Å². The van der Waals surface area contributed by atoms with Gasteiger partial charge in [-0.25, -0.2) is 12.8 Å².